The largest absolute Gasteiger partial charge is 0.416 e. The van der Waals surface area contributed by atoms with Crippen LogP contribution in [0.25, 0.3) is 6.08 Å². The van der Waals surface area contributed by atoms with Crippen LogP contribution in [0.5, 0.6) is 0 Å². The number of amides is 1. The summed E-state index contributed by atoms with van der Waals surface area (Å²) >= 11 is 1.39. The second-order valence-corrected chi connectivity index (χ2v) is 4.49. The number of carbonyl (C=O) groups is 1. The van der Waals surface area contributed by atoms with E-state index in [1.54, 1.807) is 12.3 Å². The first kappa shape index (κ1) is 14.7. The fourth-order valence-electron chi connectivity index (χ4n) is 0.990. The lowest BCUT2D eigenvalue weighted by atomic mass is 10.3. The van der Waals surface area contributed by atoms with Crippen molar-refractivity contribution in [3.8, 4) is 0 Å². The van der Waals surface area contributed by atoms with Gasteiger partial charge in [-0.1, -0.05) is 0 Å². The molecule has 4 nitrogen and oxygen atoms in total. The van der Waals surface area contributed by atoms with Crippen molar-refractivity contribution in [2.75, 3.05) is 6.54 Å². The third kappa shape index (κ3) is 4.84. The summed E-state index contributed by atoms with van der Waals surface area (Å²) in [6.45, 7) is 0.921. The molecule has 1 heterocycles. The molecule has 0 saturated heterocycles. The summed E-state index contributed by atoms with van der Waals surface area (Å²) in [5.41, 5.74) is 0.559. The van der Waals surface area contributed by atoms with Crippen LogP contribution < -0.4 is 5.32 Å². The van der Waals surface area contributed by atoms with E-state index in [9.17, 15) is 18.0 Å². The van der Waals surface area contributed by atoms with Crippen molar-refractivity contribution in [1.82, 2.24) is 10.3 Å². The van der Waals surface area contributed by atoms with Crippen LogP contribution in [0.15, 0.2) is 11.5 Å². The summed E-state index contributed by atoms with van der Waals surface area (Å²) in [5.74, 6) is -0.719. The zero-order valence-corrected chi connectivity index (χ0v) is 10.2. The average molecular weight is 280 g/mol. The van der Waals surface area contributed by atoms with Gasteiger partial charge in [0.2, 0.25) is 5.91 Å². The predicted molar refractivity (Wildman–Crippen MR) is 61.0 cm³/mol. The number of nitrogens with zero attached hydrogens (tertiary/aromatic N) is 1. The van der Waals surface area contributed by atoms with Crippen LogP contribution in [0.4, 0.5) is 13.2 Å². The Labute approximate surface area is 105 Å². The predicted octanol–water partition coefficient (Wildman–Crippen LogP) is 1.50. The molecule has 18 heavy (non-hydrogen) atoms. The number of hydrogen-bond acceptors (Lipinski definition) is 4. The maximum atomic E-state index is 11.9. The third-order valence-corrected chi connectivity index (χ3v) is 2.68. The summed E-state index contributed by atoms with van der Waals surface area (Å²) in [6.07, 6.45) is -4.84. The molecule has 0 aliphatic heterocycles. The molecule has 1 amide bonds. The summed E-state index contributed by atoms with van der Waals surface area (Å²) in [5, 5.41) is 13.1. The van der Waals surface area contributed by atoms with Crippen molar-refractivity contribution in [3.05, 3.63) is 22.2 Å². The van der Waals surface area contributed by atoms with Gasteiger partial charge in [-0.3, -0.25) is 4.79 Å². The summed E-state index contributed by atoms with van der Waals surface area (Å²) in [7, 11) is 0. The number of aryl methyl sites for hydroxylation is 1. The number of carbonyl (C=O) groups excluding carboxylic acids is 1. The maximum absolute atomic E-state index is 11.9. The lowest BCUT2D eigenvalue weighted by Crippen LogP contribution is -2.40. The molecule has 0 aliphatic rings. The number of halogens is 3. The van der Waals surface area contributed by atoms with E-state index >= 15 is 0 Å². The second-order valence-electron chi connectivity index (χ2n) is 3.43. The van der Waals surface area contributed by atoms with Gasteiger partial charge in [0, 0.05) is 11.5 Å². The monoisotopic (exact) mass is 280 g/mol. The normalized spacial score (nSPS) is 13.8. The Balaban J connectivity index is 2.41. The minimum Gasteiger partial charge on any atom is -0.382 e. The van der Waals surface area contributed by atoms with Gasteiger partial charge >= 0.3 is 6.18 Å². The van der Waals surface area contributed by atoms with Crippen molar-refractivity contribution in [3.63, 3.8) is 0 Å². The molecule has 2 N–H and O–H groups in total. The second kappa shape index (κ2) is 5.96. The van der Waals surface area contributed by atoms with E-state index in [2.05, 4.69) is 4.98 Å². The molecular weight excluding hydrogens is 269 g/mol. The molecule has 0 aromatic carbocycles. The highest BCUT2D eigenvalue weighted by molar-refractivity contribution is 7.09. The number of nitrogens with one attached hydrogen (secondary N) is 1. The van der Waals surface area contributed by atoms with Crippen molar-refractivity contribution in [2.45, 2.75) is 19.2 Å². The van der Waals surface area contributed by atoms with Gasteiger partial charge in [0.05, 0.1) is 17.2 Å². The first-order valence-electron chi connectivity index (χ1n) is 4.92. The molecule has 0 fully saturated rings. The van der Waals surface area contributed by atoms with Crippen molar-refractivity contribution < 1.29 is 23.1 Å². The number of hydrogen-bond donors (Lipinski definition) is 2. The van der Waals surface area contributed by atoms with Gasteiger partial charge in [0.1, 0.15) is 0 Å². The minimum atomic E-state index is -4.73. The van der Waals surface area contributed by atoms with E-state index in [0.717, 1.165) is 11.1 Å². The fraction of sp³-hybridized carbons (Fsp3) is 0.400. The SMILES string of the molecule is Cc1nc(/C=C/C(=O)NCC(O)C(F)(F)F)cs1. The Morgan fingerprint density at radius 2 is 2.33 bits per heavy atom. The maximum Gasteiger partial charge on any atom is 0.416 e. The lowest BCUT2D eigenvalue weighted by Gasteiger charge is -2.14. The highest BCUT2D eigenvalue weighted by atomic mass is 32.1. The molecule has 0 radical (unpaired) electrons. The highest BCUT2D eigenvalue weighted by Gasteiger charge is 2.37. The van der Waals surface area contributed by atoms with E-state index < -0.39 is 24.7 Å². The Bertz CT molecular complexity index is 443. The van der Waals surface area contributed by atoms with E-state index in [1.165, 1.54) is 17.4 Å². The Hall–Kier alpha value is -1.41. The molecule has 0 bridgehead atoms. The van der Waals surface area contributed by atoms with Gasteiger partial charge in [-0.15, -0.1) is 11.3 Å². The van der Waals surface area contributed by atoms with Crippen molar-refractivity contribution in [1.29, 1.82) is 0 Å². The smallest absolute Gasteiger partial charge is 0.382 e. The van der Waals surface area contributed by atoms with Gasteiger partial charge in [0.25, 0.3) is 0 Å². The third-order valence-electron chi connectivity index (χ3n) is 1.89. The molecule has 1 unspecified atom stereocenters. The van der Waals surface area contributed by atoms with E-state index in [4.69, 9.17) is 5.11 Å². The van der Waals surface area contributed by atoms with Crippen LogP contribution in [-0.4, -0.2) is 34.8 Å². The minimum absolute atomic E-state index is 0.559. The van der Waals surface area contributed by atoms with Crippen LogP contribution >= 0.6 is 11.3 Å². The molecular formula is C10H11F3N2O2S. The van der Waals surface area contributed by atoms with Gasteiger partial charge < -0.3 is 10.4 Å². The molecule has 0 saturated carbocycles. The standard InChI is InChI=1S/C10H11F3N2O2S/c1-6-15-7(5-18-6)2-3-9(17)14-4-8(16)10(11,12)13/h2-3,5,8,16H,4H2,1H3,(H,14,17)/b3-2+. The lowest BCUT2D eigenvalue weighted by molar-refractivity contribution is -0.201. The molecule has 8 heteroatoms. The molecule has 1 aromatic heterocycles. The number of aliphatic hydroxyl groups is 1. The zero-order valence-electron chi connectivity index (χ0n) is 9.36. The Morgan fingerprint density at radius 3 is 2.83 bits per heavy atom. The van der Waals surface area contributed by atoms with Crippen LogP contribution in [0, 0.1) is 6.92 Å². The summed E-state index contributed by atoms with van der Waals surface area (Å²) in [4.78, 5) is 15.2. The highest BCUT2D eigenvalue weighted by Crippen LogP contribution is 2.19. The van der Waals surface area contributed by atoms with E-state index in [1.807, 2.05) is 5.32 Å². The first-order valence-corrected chi connectivity index (χ1v) is 5.80. The van der Waals surface area contributed by atoms with Crippen LogP contribution in [0.2, 0.25) is 0 Å². The molecule has 0 spiro atoms. The first-order chi connectivity index (χ1) is 8.29. The van der Waals surface area contributed by atoms with Crippen LogP contribution in [-0.2, 0) is 4.79 Å². The average Bonchev–Trinajstić information content (AvgIpc) is 2.67. The van der Waals surface area contributed by atoms with E-state index in [0.29, 0.717) is 5.69 Å². The van der Waals surface area contributed by atoms with Gasteiger partial charge in [-0.2, -0.15) is 13.2 Å². The Morgan fingerprint density at radius 1 is 1.67 bits per heavy atom. The molecule has 0 aliphatic carbocycles. The zero-order chi connectivity index (χ0) is 13.8. The van der Waals surface area contributed by atoms with Crippen LogP contribution in [0.1, 0.15) is 10.7 Å². The number of alkyl halides is 3. The molecule has 1 aromatic rings. The number of aliphatic hydroxyl groups excluding tert-OH is 1. The number of thiazole rings is 1. The van der Waals surface area contributed by atoms with Crippen molar-refractivity contribution >= 4 is 23.3 Å². The molecule has 1 atom stereocenters. The fourth-order valence-corrected chi connectivity index (χ4v) is 1.57. The number of rotatable bonds is 4. The van der Waals surface area contributed by atoms with Gasteiger partial charge in [-0.25, -0.2) is 4.98 Å². The van der Waals surface area contributed by atoms with Gasteiger partial charge in [0.15, 0.2) is 6.10 Å². The molecule has 100 valence electrons. The quantitative estimate of drug-likeness (QED) is 0.822. The number of aromatic nitrogens is 1. The van der Waals surface area contributed by atoms with Crippen molar-refractivity contribution in [2.24, 2.45) is 0 Å². The Kier molecular flexibility index (Phi) is 4.85. The van der Waals surface area contributed by atoms with Crippen LogP contribution in [0.3, 0.4) is 0 Å². The van der Waals surface area contributed by atoms with E-state index in [-0.39, 0.29) is 0 Å². The topological polar surface area (TPSA) is 62.2 Å². The summed E-state index contributed by atoms with van der Waals surface area (Å²) in [6, 6.07) is 0. The summed E-state index contributed by atoms with van der Waals surface area (Å²) < 4.78 is 35.8. The van der Waals surface area contributed by atoms with Gasteiger partial charge in [-0.05, 0) is 13.0 Å². The molecule has 1 rings (SSSR count).